The highest BCUT2D eigenvalue weighted by atomic mass is 35.5. The molecular weight excluding hydrogens is 747 g/mol. The second kappa shape index (κ2) is 23.5. The lowest BCUT2D eigenvalue weighted by Gasteiger charge is -2.36. The van der Waals surface area contributed by atoms with Crippen molar-refractivity contribution in [2.75, 3.05) is 53.5 Å². The summed E-state index contributed by atoms with van der Waals surface area (Å²) >= 11 is 0. The molecule has 6 rings (SSSR count). The van der Waals surface area contributed by atoms with E-state index >= 15 is 0 Å². The average Bonchev–Trinajstić information content (AvgIpc) is 3.22. The van der Waals surface area contributed by atoms with Gasteiger partial charge in [0.2, 0.25) is 11.2 Å². The van der Waals surface area contributed by atoms with Crippen LogP contribution in [0.5, 0.6) is 0 Å². The molecule has 2 heterocycles. The molecule has 56 heavy (non-hydrogen) atoms. The maximum atomic E-state index is 13.6. The molecule has 4 aromatic rings. The van der Waals surface area contributed by atoms with Crippen LogP contribution in [0.3, 0.4) is 0 Å². The van der Waals surface area contributed by atoms with Crippen molar-refractivity contribution < 1.29 is 28.5 Å². The van der Waals surface area contributed by atoms with Crippen LogP contribution in [0.25, 0.3) is 0 Å². The van der Waals surface area contributed by atoms with Crippen LogP contribution in [0, 0.1) is 0 Å². The van der Waals surface area contributed by atoms with Crippen molar-refractivity contribution in [2.24, 2.45) is 0 Å². The quantitative estimate of drug-likeness (QED) is 0.117. The van der Waals surface area contributed by atoms with Crippen LogP contribution in [0.2, 0.25) is 0 Å². The number of rotatable bonds is 14. The van der Waals surface area contributed by atoms with Crippen molar-refractivity contribution in [2.45, 2.75) is 75.8 Å². The third kappa shape index (κ3) is 11.7. The Kier molecular flexibility index (Phi) is 19.5. The van der Waals surface area contributed by atoms with Crippen molar-refractivity contribution in [3.05, 3.63) is 144 Å². The van der Waals surface area contributed by atoms with Crippen LogP contribution >= 0.6 is 24.8 Å². The molecule has 4 aromatic carbocycles. The molecule has 0 saturated carbocycles. The molecule has 2 fully saturated rings. The molecule has 0 unspecified atom stereocenters. The van der Waals surface area contributed by atoms with Crippen molar-refractivity contribution in [3.63, 3.8) is 0 Å². The number of hydrogen-bond acceptors (Lipinski definition) is 8. The van der Waals surface area contributed by atoms with Crippen LogP contribution in [0.1, 0.15) is 74.6 Å². The van der Waals surface area contributed by atoms with E-state index in [4.69, 9.17) is 18.9 Å². The van der Waals surface area contributed by atoms with E-state index in [0.717, 1.165) is 87.0 Å². The average molecular weight is 808 g/mol. The van der Waals surface area contributed by atoms with Crippen LogP contribution in [0.15, 0.2) is 121 Å². The lowest BCUT2D eigenvalue weighted by Crippen LogP contribution is -2.45. The topological polar surface area (TPSA) is 77.5 Å². The molecule has 0 amide bonds. The first kappa shape index (κ1) is 46.6. The highest BCUT2D eigenvalue weighted by molar-refractivity contribution is 5.87. The summed E-state index contributed by atoms with van der Waals surface area (Å²) in [6, 6.07) is 38.8. The van der Waals surface area contributed by atoms with E-state index in [1.807, 2.05) is 135 Å². The summed E-state index contributed by atoms with van der Waals surface area (Å²) in [6.07, 6.45) is 4.94. The first-order valence-corrected chi connectivity index (χ1v) is 19.6. The lowest BCUT2D eigenvalue weighted by atomic mass is 9.85. The Morgan fingerprint density at radius 2 is 0.750 bits per heavy atom. The van der Waals surface area contributed by atoms with Gasteiger partial charge >= 0.3 is 11.9 Å². The zero-order valence-corrected chi connectivity index (χ0v) is 35.0. The second-order valence-electron chi connectivity index (χ2n) is 14.3. The number of esters is 2. The zero-order chi connectivity index (χ0) is 38.2. The fraction of sp³-hybridized carbons (Fsp3) is 0.435. The first-order chi connectivity index (χ1) is 26.3. The van der Waals surface area contributed by atoms with Crippen molar-refractivity contribution in [3.8, 4) is 0 Å². The van der Waals surface area contributed by atoms with Gasteiger partial charge in [-0.05, 0) is 74.9 Å². The van der Waals surface area contributed by atoms with Gasteiger partial charge in [-0.1, -0.05) is 135 Å². The summed E-state index contributed by atoms with van der Waals surface area (Å²) in [7, 11) is 4.20. The second-order valence-corrected chi connectivity index (χ2v) is 14.3. The van der Waals surface area contributed by atoms with E-state index in [2.05, 4.69) is 23.9 Å². The molecule has 8 nitrogen and oxygen atoms in total. The molecule has 2 aliphatic heterocycles. The minimum absolute atomic E-state index is 0. The predicted molar refractivity (Wildman–Crippen MR) is 228 cm³/mol. The van der Waals surface area contributed by atoms with Gasteiger partial charge in [-0.3, -0.25) is 0 Å². The van der Waals surface area contributed by atoms with E-state index in [0.29, 0.717) is 13.2 Å². The number of nitrogens with zero attached hydrogens (tertiary/aromatic N) is 2. The van der Waals surface area contributed by atoms with E-state index in [-0.39, 0.29) is 49.0 Å². The number of likely N-dealkylation sites (tertiary alicyclic amines) is 2. The van der Waals surface area contributed by atoms with Crippen molar-refractivity contribution >= 4 is 36.8 Å². The van der Waals surface area contributed by atoms with Gasteiger partial charge in [0.05, 0.1) is 0 Å². The molecule has 0 spiro atoms. The van der Waals surface area contributed by atoms with Gasteiger partial charge in [-0.15, -0.1) is 24.8 Å². The van der Waals surface area contributed by atoms with E-state index in [1.54, 1.807) is 0 Å². The number of halogens is 2. The Balaban J connectivity index is 0.000000290. The molecule has 0 bridgehead atoms. The summed E-state index contributed by atoms with van der Waals surface area (Å²) in [6.45, 7) is 8.81. The van der Waals surface area contributed by atoms with Gasteiger partial charge in [0.15, 0.2) is 0 Å². The fourth-order valence-corrected chi connectivity index (χ4v) is 7.13. The van der Waals surface area contributed by atoms with Crippen LogP contribution in [-0.2, 0) is 39.7 Å². The lowest BCUT2D eigenvalue weighted by molar-refractivity contribution is -0.177. The molecule has 304 valence electrons. The van der Waals surface area contributed by atoms with Crippen LogP contribution in [-0.4, -0.2) is 87.4 Å². The molecular formula is C46H60Cl2N2O6. The number of piperidine rings is 2. The number of ether oxygens (including phenoxy) is 4. The smallest absolute Gasteiger partial charge is 0.348 e. The molecule has 0 aliphatic carbocycles. The Morgan fingerprint density at radius 3 is 0.982 bits per heavy atom. The SMILES string of the molecule is CCCOC(C(=O)OC1CCN(C)CC1)(c1ccccc1)c1ccccc1.CCCOC(C(=O)OC1CCN(C)CC1)(c1ccccc1)c1ccccc1.Cl.Cl. The van der Waals surface area contributed by atoms with Gasteiger partial charge in [-0.25, -0.2) is 9.59 Å². The van der Waals surface area contributed by atoms with Crippen LogP contribution < -0.4 is 0 Å². The van der Waals surface area contributed by atoms with Crippen molar-refractivity contribution in [1.82, 2.24) is 9.80 Å². The first-order valence-electron chi connectivity index (χ1n) is 19.6. The monoisotopic (exact) mass is 806 g/mol. The summed E-state index contributed by atoms with van der Waals surface area (Å²) in [5.74, 6) is -0.634. The van der Waals surface area contributed by atoms with Crippen molar-refractivity contribution in [1.29, 1.82) is 0 Å². The number of hydrogen-bond donors (Lipinski definition) is 0. The highest BCUT2D eigenvalue weighted by Crippen LogP contribution is 2.38. The highest BCUT2D eigenvalue weighted by Gasteiger charge is 2.47. The third-order valence-electron chi connectivity index (χ3n) is 10.2. The molecule has 2 aliphatic rings. The minimum atomic E-state index is -1.23. The van der Waals surface area contributed by atoms with E-state index in [9.17, 15) is 9.59 Å². The number of carbonyl (C=O) groups excluding carboxylic acids is 2. The van der Waals surface area contributed by atoms with Gasteiger partial charge in [0.25, 0.3) is 0 Å². The van der Waals surface area contributed by atoms with E-state index in [1.165, 1.54) is 0 Å². The molecule has 0 aromatic heterocycles. The Morgan fingerprint density at radius 1 is 0.500 bits per heavy atom. The maximum Gasteiger partial charge on any atom is 0.348 e. The molecule has 10 heteroatoms. The minimum Gasteiger partial charge on any atom is -0.460 e. The standard InChI is InChI=1S/2C23H29NO3.2ClH/c2*1-3-18-26-23(19-10-6-4-7-11-19,20-12-8-5-9-13-20)22(25)27-21-14-16-24(2)17-15-21;;/h2*4-13,21H,3,14-18H2,1-2H3;2*1H. The largest absolute Gasteiger partial charge is 0.460 e. The summed E-state index contributed by atoms with van der Waals surface area (Å²) in [5.41, 5.74) is 0.763. The summed E-state index contributed by atoms with van der Waals surface area (Å²) < 4.78 is 24.6. The number of carbonyl (C=O) groups is 2. The molecule has 0 N–H and O–H groups in total. The summed E-state index contributed by atoms with van der Waals surface area (Å²) in [5, 5.41) is 0. The zero-order valence-electron chi connectivity index (χ0n) is 33.3. The normalized spacial score (nSPS) is 15.6. The van der Waals surface area contributed by atoms with Gasteiger partial charge in [-0.2, -0.15) is 0 Å². The Hall–Kier alpha value is -3.76. The van der Waals surface area contributed by atoms with Crippen LogP contribution in [0.4, 0.5) is 0 Å². The molecule has 2 saturated heterocycles. The van der Waals surface area contributed by atoms with Gasteiger partial charge in [0, 0.05) is 39.4 Å². The van der Waals surface area contributed by atoms with Gasteiger partial charge in [0.1, 0.15) is 12.2 Å². The van der Waals surface area contributed by atoms with E-state index < -0.39 is 11.2 Å². The van der Waals surface area contributed by atoms with Gasteiger partial charge < -0.3 is 28.7 Å². The number of benzene rings is 4. The summed E-state index contributed by atoms with van der Waals surface area (Å²) in [4.78, 5) is 31.6. The molecule has 0 atom stereocenters. The predicted octanol–water partition coefficient (Wildman–Crippen LogP) is 8.83. The molecule has 0 radical (unpaired) electrons. The third-order valence-corrected chi connectivity index (χ3v) is 10.2. The Labute approximate surface area is 346 Å². The fourth-order valence-electron chi connectivity index (χ4n) is 7.13. The maximum absolute atomic E-state index is 13.6. The Bertz CT molecular complexity index is 1480.